The molecule has 1 aliphatic heterocycles. The molecule has 13 heteroatoms. The van der Waals surface area contributed by atoms with Crippen LogP contribution in [0.1, 0.15) is 35.1 Å². The molecule has 11 nitrogen and oxygen atoms in total. The van der Waals surface area contributed by atoms with Gasteiger partial charge in [0.05, 0.1) is 22.8 Å². The molecule has 0 bridgehead atoms. The zero-order valence-corrected chi connectivity index (χ0v) is 22.8. The van der Waals surface area contributed by atoms with Crippen LogP contribution in [-0.4, -0.2) is 42.8 Å². The molecule has 39 heavy (non-hydrogen) atoms. The molecule has 2 N–H and O–H groups in total. The summed E-state index contributed by atoms with van der Waals surface area (Å²) >= 11 is 6.19. The third-order valence-corrected chi connectivity index (χ3v) is 7.16. The number of carbonyl (C=O) groups excluding carboxylic acids is 3. The molecule has 2 aromatic carbocycles. The van der Waals surface area contributed by atoms with E-state index in [0.717, 1.165) is 4.90 Å². The highest BCUT2D eigenvalue weighted by Gasteiger charge is 2.39. The largest absolute Gasteiger partial charge is 0.462 e. The van der Waals surface area contributed by atoms with Gasteiger partial charge in [0.25, 0.3) is 21.8 Å². The highest BCUT2D eigenvalue weighted by molar-refractivity contribution is 7.92. The number of esters is 1. The van der Waals surface area contributed by atoms with E-state index in [0.29, 0.717) is 23.5 Å². The first-order valence-corrected chi connectivity index (χ1v) is 13.6. The first-order valence-electron chi connectivity index (χ1n) is 11.8. The normalized spacial score (nSPS) is 13.6. The van der Waals surface area contributed by atoms with Gasteiger partial charge in [0.1, 0.15) is 10.7 Å². The Kier molecular flexibility index (Phi) is 7.98. The van der Waals surface area contributed by atoms with Gasteiger partial charge in [-0.1, -0.05) is 18.5 Å². The molecule has 0 aliphatic carbocycles. The van der Waals surface area contributed by atoms with E-state index in [1.807, 2.05) is 6.92 Å². The summed E-state index contributed by atoms with van der Waals surface area (Å²) in [4.78, 5) is 46.8. The fourth-order valence-corrected chi connectivity index (χ4v) is 4.84. The fourth-order valence-electron chi connectivity index (χ4n) is 3.68. The molecule has 202 valence electrons. The van der Waals surface area contributed by atoms with Gasteiger partial charge in [0, 0.05) is 17.1 Å². The summed E-state index contributed by atoms with van der Waals surface area (Å²) in [7, 11) is -3.98. The lowest BCUT2D eigenvalue weighted by Gasteiger charge is -2.15. The van der Waals surface area contributed by atoms with Crippen LogP contribution in [0.15, 0.2) is 70.2 Å². The number of hydrogen-bond donors (Lipinski definition) is 2. The van der Waals surface area contributed by atoms with E-state index < -0.39 is 27.8 Å². The molecular formula is C26H24ClN5O6S. The van der Waals surface area contributed by atoms with Crippen molar-refractivity contribution in [2.45, 2.75) is 32.1 Å². The lowest BCUT2D eigenvalue weighted by atomic mass is 10.2. The molecule has 2 amide bonds. The second-order valence-electron chi connectivity index (χ2n) is 8.55. The summed E-state index contributed by atoms with van der Waals surface area (Å²) in [5.41, 5.74) is 1.86. The van der Waals surface area contributed by atoms with Crippen molar-refractivity contribution in [3.63, 3.8) is 0 Å². The maximum absolute atomic E-state index is 13.1. The summed E-state index contributed by atoms with van der Waals surface area (Å²) in [6.07, 6.45) is 0.679. The molecule has 4 rings (SSSR count). The Morgan fingerprint density at radius 2 is 1.59 bits per heavy atom. The summed E-state index contributed by atoms with van der Waals surface area (Å²) < 4.78 is 33.0. The maximum Gasteiger partial charge on any atom is 0.338 e. The Hall–Kier alpha value is -4.29. The van der Waals surface area contributed by atoms with Crippen molar-refractivity contribution in [3.05, 3.63) is 82.3 Å². The SMILES string of the molecule is CCCOC(=O)c1ccc(N2C(=O)C(Cl)=C(Nc3ccc(S(=O)(=O)Nc4nc(C)cc(C)n4)cc3)C2=O)cc1. The van der Waals surface area contributed by atoms with E-state index in [1.165, 1.54) is 48.5 Å². The number of halogens is 1. The molecule has 0 atom stereocenters. The number of carbonyl (C=O) groups is 3. The molecule has 0 saturated carbocycles. The second kappa shape index (κ2) is 11.2. The molecule has 0 fully saturated rings. The van der Waals surface area contributed by atoms with E-state index in [-0.39, 0.29) is 39.4 Å². The molecule has 1 aliphatic rings. The number of benzene rings is 2. The third-order valence-electron chi connectivity index (χ3n) is 5.47. The van der Waals surface area contributed by atoms with Crippen molar-refractivity contribution in [1.29, 1.82) is 0 Å². The molecule has 0 saturated heterocycles. The van der Waals surface area contributed by atoms with E-state index in [2.05, 4.69) is 20.0 Å². The molecule has 0 radical (unpaired) electrons. The first kappa shape index (κ1) is 27.7. The number of rotatable bonds is 9. The van der Waals surface area contributed by atoms with Crippen LogP contribution in [0.3, 0.4) is 0 Å². The number of imide groups is 1. The van der Waals surface area contributed by atoms with Gasteiger partial charge in [-0.2, -0.15) is 0 Å². The van der Waals surface area contributed by atoms with Crippen LogP contribution in [0, 0.1) is 13.8 Å². The van der Waals surface area contributed by atoms with Crippen LogP contribution in [0.25, 0.3) is 0 Å². The number of anilines is 3. The van der Waals surface area contributed by atoms with Gasteiger partial charge >= 0.3 is 5.97 Å². The molecular weight excluding hydrogens is 546 g/mol. The zero-order valence-electron chi connectivity index (χ0n) is 21.2. The number of ether oxygens (including phenoxy) is 1. The van der Waals surface area contributed by atoms with Crippen LogP contribution in [-0.2, 0) is 24.3 Å². The van der Waals surface area contributed by atoms with Crippen LogP contribution >= 0.6 is 11.6 Å². The highest BCUT2D eigenvalue weighted by atomic mass is 35.5. The summed E-state index contributed by atoms with van der Waals surface area (Å²) in [6.45, 7) is 5.60. The average molecular weight is 570 g/mol. The number of nitrogens with zero attached hydrogens (tertiary/aromatic N) is 3. The van der Waals surface area contributed by atoms with Crippen molar-refractivity contribution in [3.8, 4) is 0 Å². The third kappa shape index (κ3) is 6.07. The Labute approximate surface area is 229 Å². The standard InChI is InChI=1S/C26H24ClN5O6S/c1-4-13-38-25(35)17-5-9-19(10-6-17)32-23(33)21(27)22(24(32)34)30-18-7-11-20(12-8-18)39(36,37)31-26-28-15(2)14-16(3)29-26/h5-12,14,30H,4,13H2,1-3H3,(H,28,29,31). The Morgan fingerprint density at radius 1 is 0.974 bits per heavy atom. The minimum Gasteiger partial charge on any atom is -0.462 e. The van der Waals surface area contributed by atoms with Crippen molar-refractivity contribution in [2.75, 3.05) is 21.5 Å². The molecule has 1 aromatic heterocycles. The first-order chi connectivity index (χ1) is 18.5. The minimum absolute atomic E-state index is 0.0484. The van der Waals surface area contributed by atoms with Gasteiger partial charge in [-0.25, -0.2) is 32.8 Å². The Morgan fingerprint density at radius 3 is 2.18 bits per heavy atom. The number of aromatic nitrogens is 2. The quantitative estimate of drug-likeness (QED) is 0.289. The van der Waals surface area contributed by atoms with E-state index in [1.54, 1.807) is 19.9 Å². The highest BCUT2D eigenvalue weighted by Crippen LogP contribution is 2.30. The van der Waals surface area contributed by atoms with Crippen LogP contribution in [0.4, 0.5) is 17.3 Å². The lowest BCUT2D eigenvalue weighted by molar-refractivity contribution is -0.120. The second-order valence-corrected chi connectivity index (χ2v) is 10.6. The smallest absolute Gasteiger partial charge is 0.338 e. The number of amides is 2. The summed E-state index contributed by atoms with van der Waals surface area (Å²) in [5, 5.41) is 2.45. The Bertz CT molecular complexity index is 1570. The van der Waals surface area contributed by atoms with Crippen LogP contribution in [0.5, 0.6) is 0 Å². The van der Waals surface area contributed by atoms with Crippen molar-refractivity contribution in [2.24, 2.45) is 0 Å². The van der Waals surface area contributed by atoms with Gasteiger partial charge < -0.3 is 10.1 Å². The molecule has 3 aromatic rings. The topological polar surface area (TPSA) is 148 Å². The fraction of sp³-hybridized carbons (Fsp3) is 0.192. The predicted octanol–water partition coefficient (Wildman–Crippen LogP) is 3.90. The molecule has 0 spiro atoms. The van der Waals surface area contributed by atoms with Gasteiger partial charge in [0.15, 0.2) is 0 Å². The monoisotopic (exact) mass is 569 g/mol. The van der Waals surface area contributed by atoms with Crippen molar-refractivity contribution in [1.82, 2.24) is 9.97 Å². The van der Waals surface area contributed by atoms with Crippen molar-refractivity contribution < 1.29 is 27.5 Å². The van der Waals surface area contributed by atoms with Gasteiger partial charge in [-0.15, -0.1) is 0 Å². The van der Waals surface area contributed by atoms with Crippen LogP contribution < -0.4 is 14.9 Å². The molecule has 0 unspecified atom stereocenters. The average Bonchev–Trinajstić information content (AvgIpc) is 3.09. The van der Waals surface area contributed by atoms with Crippen LogP contribution in [0.2, 0.25) is 0 Å². The minimum atomic E-state index is -3.98. The summed E-state index contributed by atoms with van der Waals surface area (Å²) in [6, 6.07) is 13.0. The van der Waals surface area contributed by atoms with Gasteiger partial charge in [-0.3, -0.25) is 9.59 Å². The number of hydrogen-bond acceptors (Lipinski definition) is 9. The number of sulfonamides is 1. The van der Waals surface area contributed by atoms with E-state index in [9.17, 15) is 22.8 Å². The van der Waals surface area contributed by atoms with Gasteiger partial charge in [-0.05, 0) is 74.9 Å². The van der Waals surface area contributed by atoms with E-state index >= 15 is 0 Å². The zero-order chi connectivity index (χ0) is 28.3. The lowest BCUT2D eigenvalue weighted by Crippen LogP contribution is -2.32. The predicted molar refractivity (Wildman–Crippen MR) is 145 cm³/mol. The Balaban J connectivity index is 1.47. The summed E-state index contributed by atoms with van der Waals surface area (Å²) in [5.74, 6) is -2.02. The number of aryl methyl sites for hydroxylation is 2. The van der Waals surface area contributed by atoms with Crippen molar-refractivity contribution >= 4 is 56.7 Å². The number of nitrogens with one attached hydrogen (secondary N) is 2. The molecule has 2 heterocycles. The maximum atomic E-state index is 13.1. The van der Waals surface area contributed by atoms with Gasteiger partial charge in [0.2, 0.25) is 5.95 Å². The van der Waals surface area contributed by atoms with E-state index in [4.69, 9.17) is 16.3 Å².